The number of aromatic nitrogens is 3. The summed E-state index contributed by atoms with van der Waals surface area (Å²) in [6, 6.07) is 11.9. The van der Waals surface area contributed by atoms with E-state index in [0.717, 1.165) is 32.3 Å². The Kier molecular flexibility index (Phi) is 3.93. The molecule has 0 spiro atoms. The number of thioether (sulfide) groups is 1. The summed E-state index contributed by atoms with van der Waals surface area (Å²) in [5, 5.41) is 9.23. The molecule has 0 amide bonds. The number of fused-ring (bicyclic) bond motifs is 1. The molecule has 1 aromatic carbocycles. The molecule has 0 N–H and O–H groups in total. The van der Waals surface area contributed by atoms with Gasteiger partial charge in [0.15, 0.2) is 10.8 Å². The maximum atomic E-state index is 5.38. The lowest BCUT2D eigenvalue weighted by Crippen LogP contribution is -1.92. The second kappa shape index (κ2) is 5.85. The Labute approximate surface area is 129 Å². The van der Waals surface area contributed by atoms with Crippen LogP contribution in [-0.4, -0.2) is 21.7 Å². The summed E-state index contributed by atoms with van der Waals surface area (Å²) in [6.07, 6.45) is 1.97. The van der Waals surface area contributed by atoms with E-state index in [4.69, 9.17) is 4.74 Å². The Morgan fingerprint density at radius 2 is 2.15 bits per heavy atom. The third-order valence-corrected chi connectivity index (χ3v) is 4.37. The molecule has 0 atom stereocenters. The predicted octanol–water partition coefficient (Wildman–Crippen LogP) is 3.79. The van der Waals surface area contributed by atoms with Crippen molar-refractivity contribution in [2.45, 2.75) is 10.9 Å². The number of ether oxygens (including phenoxy) is 1. The van der Waals surface area contributed by atoms with Crippen LogP contribution in [0.25, 0.3) is 5.65 Å². The van der Waals surface area contributed by atoms with E-state index in [1.807, 2.05) is 40.9 Å². The molecule has 102 valence electrons. The summed E-state index contributed by atoms with van der Waals surface area (Å²) >= 11 is 5.12. The fourth-order valence-corrected chi connectivity index (χ4v) is 3.23. The fraction of sp³-hybridized carbons (Fsp3) is 0.143. The van der Waals surface area contributed by atoms with Crippen LogP contribution in [0.2, 0.25) is 0 Å². The number of rotatable bonds is 4. The fourth-order valence-electron chi connectivity index (χ4n) is 1.92. The molecule has 0 unspecified atom stereocenters. The lowest BCUT2D eigenvalue weighted by atomic mass is 10.2. The summed E-state index contributed by atoms with van der Waals surface area (Å²) in [6.45, 7) is 0. The minimum Gasteiger partial charge on any atom is -0.496 e. The van der Waals surface area contributed by atoms with Gasteiger partial charge in [-0.2, -0.15) is 0 Å². The molecule has 0 saturated heterocycles. The van der Waals surface area contributed by atoms with Crippen molar-refractivity contribution in [3.63, 3.8) is 0 Å². The molecular formula is C14H12BrN3OS. The third-order valence-electron chi connectivity index (χ3n) is 2.88. The minimum absolute atomic E-state index is 0.776. The number of methoxy groups -OCH3 is 1. The Balaban J connectivity index is 1.84. The zero-order chi connectivity index (χ0) is 13.9. The number of benzene rings is 1. The highest BCUT2D eigenvalue weighted by Crippen LogP contribution is 2.29. The van der Waals surface area contributed by atoms with E-state index >= 15 is 0 Å². The van der Waals surface area contributed by atoms with Crippen LogP contribution in [-0.2, 0) is 5.75 Å². The van der Waals surface area contributed by atoms with Crippen LogP contribution < -0.4 is 4.74 Å². The first-order chi connectivity index (χ1) is 9.78. The largest absolute Gasteiger partial charge is 0.496 e. The van der Waals surface area contributed by atoms with Gasteiger partial charge in [-0.1, -0.05) is 33.8 Å². The number of nitrogens with zero attached hydrogens (tertiary/aromatic N) is 3. The van der Waals surface area contributed by atoms with Gasteiger partial charge in [0.05, 0.1) is 7.11 Å². The van der Waals surface area contributed by atoms with Gasteiger partial charge >= 0.3 is 0 Å². The zero-order valence-corrected chi connectivity index (χ0v) is 13.2. The second-order valence-corrected chi connectivity index (χ2v) is 6.01. The molecule has 20 heavy (non-hydrogen) atoms. The van der Waals surface area contributed by atoms with Crippen LogP contribution in [0.15, 0.2) is 52.2 Å². The summed E-state index contributed by atoms with van der Waals surface area (Å²) < 4.78 is 8.40. The SMILES string of the molecule is COc1ccc(Br)cc1CSc1nnc2ccccn12. The highest BCUT2D eigenvalue weighted by molar-refractivity contribution is 9.10. The summed E-state index contributed by atoms with van der Waals surface area (Å²) in [5.41, 5.74) is 1.98. The molecule has 0 fully saturated rings. The number of pyridine rings is 1. The van der Waals surface area contributed by atoms with Crippen molar-refractivity contribution in [3.05, 3.63) is 52.6 Å². The molecule has 0 radical (unpaired) electrons. The van der Waals surface area contributed by atoms with Gasteiger partial charge in [-0.3, -0.25) is 4.40 Å². The van der Waals surface area contributed by atoms with E-state index in [2.05, 4.69) is 32.2 Å². The van der Waals surface area contributed by atoms with Crippen LogP contribution >= 0.6 is 27.7 Å². The van der Waals surface area contributed by atoms with E-state index in [1.54, 1.807) is 18.9 Å². The molecule has 0 aliphatic carbocycles. The Morgan fingerprint density at radius 3 is 3.00 bits per heavy atom. The average molecular weight is 350 g/mol. The number of halogens is 1. The molecule has 2 aromatic heterocycles. The van der Waals surface area contributed by atoms with Crippen molar-refractivity contribution >= 4 is 33.3 Å². The van der Waals surface area contributed by atoms with Gasteiger partial charge in [-0.15, -0.1) is 10.2 Å². The van der Waals surface area contributed by atoms with Gasteiger partial charge in [-0.05, 0) is 30.3 Å². The number of hydrogen-bond acceptors (Lipinski definition) is 4. The topological polar surface area (TPSA) is 39.4 Å². The molecule has 6 heteroatoms. The monoisotopic (exact) mass is 349 g/mol. The van der Waals surface area contributed by atoms with E-state index in [9.17, 15) is 0 Å². The van der Waals surface area contributed by atoms with Crippen molar-refractivity contribution in [1.82, 2.24) is 14.6 Å². The zero-order valence-electron chi connectivity index (χ0n) is 10.8. The lowest BCUT2D eigenvalue weighted by Gasteiger charge is -2.08. The van der Waals surface area contributed by atoms with Gasteiger partial charge in [0, 0.05) is 22.0 Å². The van der Waals surface area contributed by atoms with E-state index in [1.165, 1.54) is 0 Å². The van der Waals surface area contributed by atoms with Crippen LogP contribution in [0.3, 0.4) is 0 Å². The van der Waals surface area contributed by atoms with Crippen molar-refractivity contribution < 1.29 is 4.74 Å². The van der Waals surface area contributed by atoms with Crippen LogP contribution in [0.4, 0.5) is 0 Å². The molecule has 0 aliphatic rings. The van der Waals surface area contributed by atoms with Gasteiger partial charge < -0.3 is 4.74 Å². The van der Waals surface area contributed by atoms with E-state index < -0.39 is 0 Å². The van der Waals surface area contributed by atoms with Crippen molar-refractivity contribution in [2.75, 3.05) is 7.11 Å². The number of hydrogen-bond donors (Lipinski definition) is 0. The molecule has 3 aromatic rings. The first-order valence-electron chi connectivity index (χ1n) is 6.03. The quantitative estimate of drug-likeness (QED) is 0.671. The first kappa shape index (κ1) is 13.5. The summed E-state index contributed by atoms with van der Waals surface area (Å²) in [4.78, 5) is 0. The predicted molar refractivity (Wildman–Crippen MR) is 83.2 cm³/mol. The van der Waals surface area contributed by atoms with Crippen molar-refractivity contribution in [3.8, 4) is 5.75 Å². The standard InChI is InChI=1S/C14H12BrN3OS/c1-19-12-6-5-11(15)8-10(12)9-20-14-17-16-13-4-2-3-7-18(13)14/h2-8H,9H2,1H3. The molecule has 0 saturated carbocycles. The van der Waals surface area contributed by atoms with Crippen LogP contribution in [0, 0.1) is 0 Å². The first-order valence-corrected chi connectivity index (χ1v) is 7.81. The van der Waals surface area contributed by atoms with Gasteiger partial charge in [0.2, 0.25) is 0 Å². The maximum Gasteiger partial charge on any atom is 0.195 e. The Morgan fingerprint density at radius 1 is 1.25 bits per heavy atom. The van der Waals surface area contributed by atoms with Crippen LogP contribution in [0.1, 0.15) is 5.56 Å². The molecule has 0 bridgehead atoms. The molecular weight excluding hydrogens is 338 g/mol. The molecule has 3 rings (SSSR count). The van der Waals surface area contributed by atoms with Crippen molar-refractivity contribution in [1.29, 1.82) is 0 Å². The normalized spacial score (nSPS) is 10.9. The molecule has 4 nitrogen and oxygen atoms in total. The lowest BCUT2D eigenvalue weighted by molar-refractivity contribution is 0.411. The highest BCUT2D eigenvalue weighted by Gasteiger charge is 2.09. The molecule has 0 aliphatic heterocycles. The van der Waals surface area contributed by atoms with Gasteiger partial charge in [0.25, 0.3) is 0 Å². The van der Waals surface area contributed by atoms with Gasteiger partial charge in [-0.25, -0.2) is 0 Å². The molecule has 2 heterocycles. The maximum absolute atomic E-state index is 5.38. The second-order valence-electron chi connectivity index (χ2n) is 4.16. The van der Waals surface area contributed by atoms with Crippen molar-refractivity contribution in [2.24, 2.45) is 0 Å². The Hall–Kier alpha value is -1.53. The van der Waals surface area contributed by atoms with E-state index in [0.29, 0.717) is 0 Å². The van der Waals surface area contributed by atoms with E-state index in [-0.39, 0.29) is 0 Å². The summed E-state index contributed by atoms with van der Waals surface area (Å²) in [5.74, 6) is 1.66. The third kappa shape index (κ3) is 2.66. The smallest absolute Gasteiger partial charge is 0.195 e. The van der Waals surface area contributed by atoms with Gasteiger partial charge in [0.1, 0.15) is 5.75 Å². The van der Waals surface area contributed by atoms with Crippen LogP contribution in [0.5, 0.6) is 5.75 Å². The average Bonchev–Trinajstić information content (AvgIpc) is 2.88. The Bertz CT molecular complexity index is 744. The minimum atomic E-state index is 0.776. The summed E-state index contributed by atoms with van der Waals surface area (Å²) in [7, 11) is 1.68. The highest BCUT2D eigenvalue weighted by atomic mass is 79.9.